The van der Waals surface area contributed by atoms with Crippen LogP contribution in [0.1, 0.15) is 29.6 Å². The number of nitrogens with one attached hydrogen (secondary N) is 2. The molecule has 0 amide bonds. The van der Waals surface area contributed by atoms with Crippen LogP contribution in [0, 0.1) is 6.92 Å². The van der Waals surface area contributed by atoms with Crippen molar-refractivity contribution in [2.75, 3.05) is 31.7 Å². The van der Waals surface area contributed by atoms with Gasteiger partial charge < -0.3 is 20.3 Å². The molecule has 1 aromatic heterocycles. The molecule has 1 aromatic carbocycles. The molecule has 0 fully saturated rings. The molecule has 7 nitrogen and oxygen atoms in total. The van der Waals surface area contributed by atoms with Crippen LogP contribution < -0.4 is 10.6 Å². The third-order valence-corrected chi connectivity index (χ3v) is 5.08. The summed E-state index contributed by atoms with van der Waals surface area (Å²) in [5.74, 6) is 3.53. The zero-order chi connectivity index (χ0) is 19.5. The molecule has 156 valence electrons. The number of rotatable bonds is 10. The highest BCUT2D eigenvalue weighted by atomic mass is 127. The van der Waals surface area contributed by atoms with E-state index in [-0.39, 0.29) is 36.5 Å². The standard InChI is InChI=1S/C19H30N6OS.HI/c1-15-23-24-18(25(15)2)13-22-19(20-10-7-11-27-3)21-12-17(14-26)16-8-5-4-6-9-16;/h4-6,8-9,17,26H,7,10-14H2,1-3H3,(H2,20,21,22);1H. The first-order valence-electron chi connectivity index (χ1n) is 9.17. The van der Waals surface area contributed by atoms with E-state index in [9.17, 15) is 5.11 Å². The number of hydrogen-bond donors (Lipinski definition) is 3. The summed E-state index contributed by atoms with van der Waals surface area (Å²) in [5, 5.41) is 24.7. The smallest absolute Gasteiger partial charge is 0.191 e. The number of nitrogens with zero attached hydrogens (tertiary/aromatic N) is 4. The van der Waals surface area contributed by atoms with Crippen LogP contribution in [0.15, 0.2) is 35.3 Å². The Balaban J connectivity index is 0.00000392. The molecule has 2 aromatic rings. The van der Waals surface area contributed by atoms with Gasteiger partial charge in [0.1, 0.15) is 12.4 Å². The molecule has 1 unspecified atom stereocenters. The van der Waals surface area contributed by atoms with Gasteiger partial charge in [0, 0.05) is 26.1 Å². The lowest BCUT2D eigenvalue weighted by Gasteiger charge is -2.18. The summed E-state index contributed by atoms with van der Waals surface area (Å²) in [6.07, 6.45) is 3.17. The van der Waals surface area contributed by atoms with Crippen molar-refractivity contribution in [3.8, 4) is 0 Å². The van der Waals surface area contributed by atoms with Gasteiger partial charge in [-0.1, -0.05) is 30.3 Å². The van der Waals surface area contributed by atoms with E-state index in [1.165, 1.54) is 0 Å². The van der Waals surface area contributed by atoms with Gasteiger partial charge in [-0.25, -0.2) is 4.99 Å². The molecule has 0 bridgehead atoms. The zero-order valence-electron chi connectivity index (χ0n) is 16.8. The molecule has 0 saturated carbocycles. The monoisotopic (exact) mass is 518 g/mol. The van der Waals surface area contributed by atoms with E-state index in [4.69, 9.17) is 0 Å². The minimum Gasteiger partial charge on any atom is -0.396 e. The van der Waals surface area contributed by atoms with Crippen LogP contribution in [0.2, 0.25) is 0 Å². The SMILES string of the molecule is CSCCCNC(=NCc1nnc(C)n1C)NCC(CO)c1ccccc1.I. The van der Waals surface area contributed by atoms with Gasteiger partial charge in [0.15, 0.2) is 11.8 Å². The van der Waals surface area contributed by atoms with Gasteiger partial charge in [-0.05, 0) is 30.9 Å². The number of aryl methyl sites for hydroxylation is 1. The normalized spacial score (nSPS) is 12.4. The average molecular weight is 518 g/mol. The molecule has 28 heavy (non-hydrogen) atoms. The maximum atomic E-state index is 9.76. The Hall–Kier alpha value is -1.33. The van der Waals surface area contributed by atoms with Crippen molar-refractivity contribution in [2.45, 2.75) is 25.8 Å². The Morgan fingerprint density at radius 1 is 1.25 bits per heavy atom. The first kappa shape index (κ1) is 24.7. The van der Waals surface area contributed by atoms with E-state index in [0.29, 0.717) is 13.1 Å². The van der Waals surface area contributed by atoms with E-state index in [0.717, 1.165) is 41.9 Å². The molecule has 0 aliphatic carbocycles. The fourth-order valence-corrected chi connectivity index (χ4v) is 3.00. The number of thioether (sulfide) groups is 1. The summed E-state index contributed by atoms with van der Waals surface area (Å²) in [5.41, 5.74) is 1.11. The van der Waals surface area contributed by atoms with Crippen LogP contribution in [0.25, 0.3) is 0 Å². The lowest BCUT2D eigenvalue weighted by molar-refractivity contribution is 0.265. The van der Waals surface area contributed by atoms with Crippen LogP contribution in [0.5, 0.6) is 0 Å². The number of aliphatic imine (C=N–C) groups is 1. The molecule has 0 aliphatic rings. The molecule has 1 heterocycles. The van der Waals surface area contributed by atoms with Crippen molar-refractivity contribution in [1.29, 1.82) is 0 Å². The van der Waals surface area contributed by atoms with Crippen LogP contribution >= 0.6 is 35.7 Å². The molecule has 0 spiro atoms. The third kappa shape index (κ3) is 7.96. The van der Waals surface area contributed by atoms with Gasteiger partial charge in [-0.15, -0.1) is 34.2 Å². The Morgan fingerprint density at radius 3 is 2.61 bits per heavy atom. The maximum Gasteiger partial charge on any atom is 0.191 e. The number of guanidine groups is 1. The fourth-order valence-electron chi connectivity index (χ4n) is 2.57. The number of aliphatic hydroxyl groups is 1. The molecule has 9 heteroatoms. The first-order valence-corrected chi connectivity index (χ1v) is 10.6. The van der Waals surface area contributed by atoms with E-state index in [2.05, 4.69) is 32.1 Å². The Kier molecular flexibility index (Phi) is 12.2. The number of aromatic nitrogens is 3. The van der Waals surface area contributed by atoms with Crippen LogP contribution in [-0.4, -0.2) is 57.5 Å². The molecular weight excluding hydrogens is 487 g/mol. The van der Waals surface area contributed by atoms with E-state index >= 15 is 0 Å². The second-order valence-electron chi connectivity index (χ2n) is 6.33. The summed E-state index contributed by atoms with van der Waals surface area (Å²) < 4.78 is 1.94. The van der Waals surface area contributed by atoms with Gasteiger partial charge >= 0.3 is 0 Å². The van der Waals surface area contributed by atoms with Crippen molar-refractivity contribution >= 4 is 41.7 Å². The number of hydrogen-bond acceptors (Lipinski definition) is 5. The lowest BCUT2D eigenvalue weighted by atomic mass is 10.0. The Bertz CT molecular complexity index is 710. The van der Waals surface area contributed by atoms with Crippen molar-refractivity contribution < 1.29 is 5.11 Å². The number of halogens is 1. The molecule has 0 saturated heterocycles. The molecule has 1 atom stereocenters. The van der Waals surface area contributed by atoms with Gasteiger partial charge in [0.2, 0.25) is 0 Å². The predicted molar refractivity (Wildman–Crippen MR) is 128 cm³/mol. The van der Waals surface area contributed by atoms with Crippen LogP contribution in [0.4, 0.5) is 0 Å². The predicted octanol–water partition coefficient (Wildman–Crippen LogP) is 2.31. The second kappa shape index (κ2) is 13.8. The first-order chi connectivity index (χ1) is 13.2. The van der Waals surface area contributed by atoms with Gasteiger partial charge in [0.05, 0.1) is 6.61 Å². The van der Waals surface area contributed by atoms with Gasteiger partial charge in [-0.2, -0.15) is 11.8 Å². The molecule has 0 aliphatic heterocycles. The Morgan fingerprint density at radius 2 is 2.00 bits per heavy atom. The third-order valence-electron chi connectivity index (χ3n) is 4.39. The van der Waals surface area contributed by atoms with Crippen LogP contribution in [0.3, 0.4) is 0 Å². The highest BCUT2D eigenvalue weighted by molar-refractivity contribution is 14.0. The summed E-state index contributed by atoms with van der Waals surface area (Å²) in [7, 11) is 1.94. The van der Waals surface area contributed by atoms with Crippen molar-refractivity contribution in [1.82, 2.24) is 25.4 Å². The lowest BCUT2D eigenvalue weighted by Crippen LogP contribution is -2.40. The van der Waals surface area contributed by atoms with E-state index in [1.54, 1.807) is 0 Å². The zero-order valence-corrected chi connectivity index (χ0v) is 19.9. The summed E-state index contributed by atoms with van der Waals surface area (Å²) >= 11 is 1.83. The molecule has 0 radical (unpaired) electrons. The fraction of sp³-hybridized carbons (Fsp3) is 0.526. The highest BCUT2D eigenvalue weighted by Gasteiger charge is 2.11. The van der Waals surface area contributed by atoms with Crippen molar-refractivity contribution in [3.05, 3.63) is 47.5 Å². The molecular formula is C19H31IN6OS. The van der Waals surface area contributed by atoms with Crippen LogP contribution in [-0.2, 0) is 13.6 Å². The Labute approximate surface area is 188 Å². The summed E-state index contributed by atoms with van der Waals surface area (Å²) in [4.78, 5) is 4.65. The second-order valence-corrected chi connectivity index (χ2v) is 7.32. The van der Waals surface area contributed by atoms with E-state index < -0.39 is 0 Å². The topological polar surface area (TPSA) is 87.4 Å². The minimum atomic E-state index is 0. The summed E-state index contributed by atoms with van der Waals surface area (Å²) in [6, 6.07) is 10.0. The highest BCUT2D eigenvalue weighted by Crippen LogP contribution is 2.13. The minimum absolute atomic E-state index is 0. The van der Waals surface area contributed by atoms with Crippen molar-refractivity contribution in [3.63, 3.8) is 0 Å². The quantitative estimate of drug-likeness (QED) is 0.194. The molecule has 3 N–H and O–H groups in total. The van der Waals surface area contributed by atoms with Crippen molar-refractivity contribution in [2.24, 2.45) is 12.0 Å². The summed E-state index contributed by atoms with van der Waals surface area (Å²) in [6.45, 7) is 3.90. The number of benzene rings is 1. The van der Waals surface area contributed by atoms with Gasteiger partial charge in [0.25, 0.3) is 0 Å². The maximum absolute atomic E-state index is 9.76. The number of aliphatic hydroxyl groups excluding tert-OH is 1. The van der Waals surface area contributed by atoms with E-state index in [1.807, 2.05) is 60.6 Å². The average Bonchev–Trinajstić information content (AvgIpc) is 3.02. The largest absolute Gasteiger partial charge is 0.396 e. The van der Waals surface area contributed by atoms with Gasteiger partial charge in [-0.3, -0.25) is 0 Å². The molecule has 2 rings (SSSR count).